The van der Waals surface area contributed by atoms with Gasteiger partial charge in [-0.05, 0) is 105 Å². The van der Waals surface area contributed by atoms with Crippen LogP contribution in [0.5, 0.6) is 0 Å². The highest BCUT2D eigenvalue weighted by Gasteiger charge is 2.42. The van der Waals surface area contributed by atoms with E-state index in [0.717, 1.165) is 44.6 Å². The fraction of sp³-hybridized carbons (Fsp3) is 0.0370. The van der Waals surface area contributed by atoms with Gasteiger partial charge in [-0.3, -0.25) is 0 Å². The van der Waals surface area contributed by atoms with Gasteiger partial charge in [-0.2, -0.15) is 0 Å². The quantitative estimate of drug-likeness (QED) is 0.170. The van der Waals surface area contributed by atoms with E-state index in [9.17, 15) is 0 Å². The fourth-order valence-corrected chi connectivity index (χ4v) is 9.17. The van der Waals surface area contributed by atoms with Gasteiger partial charge in [-0.15, -0.1) is 0 Å². The Labute approximate surface area is 326 Å². The third kappa shape index (κ3) is 4.96. The predicted molar refractivity (Wildman–Crippen MR) is 234 cm³/mol. The van der Waals surface area contributed by atoms with Gasteiger partial charge in [0.25, 0.3) is 0 Å². The van der Waals surface area contributed by atoms with Crippen molar-refractivity contribution in [3.8, 4) is 33.4 Å². The van der Waals surface area contributed by atoms with E-state index in [0.29, 0.717) is 0 Å². The van der Waals surface area contributed by atoms with Gasteiger partial charge in [0.1, 0.15) is 11.2 Å². The molecule has 0 atom stereocenters. The molecule has 0 bridgehead atoms. The van der Waals surface area contributed by atoms with Gasteiger partial charge in [0.05, 0.1) is 11.1 Å². The van der Waals surface area contributed by atoms with Crippen molar-refractivity contribution in [3.63, 3.8) is 0 Å². The molecule has 0 N–H and O–H groups in total. The van der Waals surface area contributed by atoms with E-state index in [1.165, 1.54) is 55.3 Å². The lowest BCUT2D eigenvalue weighted by molar-refractivity contribution is 0.638. The van der Waals surface area contributed by atoms with Crippen molar-refractivity contribution in [1.29, 1.82) is 0 Å². The molecule has 1 heterocycles. The van der Waals surface area contributed by atoms with Crippen molar-refractivity contribution in [2.75, 3.05) is 4.90 Å². The molecule has 56 heavy (non-hydrogen) atoms. The standard InChI is InChI=1S/C54H37NO/c1-54(47-20-10-7-17-44(47)45-18-8-11-21-48(45)54)49-33-34-50(52-46-19-9-12-22-51(46)56-53(49)52)55(42-29-25-38(26-30-42)36-13-3-2-4-14-36)43-31-27-39(28-32-43)41-24-23-37-15-5-6-16-40(37)35-41/h2-35H,1H3. The van der Waals surface area contributed by atoms with E-state index in [1.54, 1.807) is 0 Å². The number of rotatable bonds is 6. The predicted octanol–water partition coefficient (Wildman–Crippen LogP) is 14.9. The van der Waals surface area contributed by atoms with E-state index < -0.39 is 5.41 Å². The molecule has 0 saturated carbocycles. The van der Waals surface area contributed by atoms with Crippen molar-refractivity contribution in [2.24, 2.45) is 0 Å². The lowest BCUT2D eigenvalue weighted by Crippen LogP contribution is -2.23. The Morgan fingerprint density at radius 2 is 0.946 bits per heavy atom. The Morgan fingerprint density at radius 3 is 1.64 bits per heavy atom. The number of para-hydroxylation sites is 1. The Hall–Kier alpha value is -7.16. The van der Waals surface area contributed by atoms with E-state index in [1.807, 2.05) is 0 Å². The molecule has 0 amide bonds. The van der Waals surface area contributed by atoms with Crippen LogP contribution in [-0.4, -0.2) is 0 Å². The number of hydrogen-bond acceptors (Lipinski definition) is 2. The Bertz CT molecular complexity index is 3040. The molecule has 0 radical (unpaired) electrons. The van der Waals surface area contributed by atoms with Gasteiger partial charge in [0.2, 0.25) is 0 Å². The number of furan rings is 1. The van der Waals surface area contributed by atoms with Crippen LogP contribution in [0.3, 0.4) is 0 Å². The molecular weight excluding hydrogens is 679 g/mol. The first kappa shape index (κ1) is 32.3. The SMILES string of the molecule is CC1(c2ccc(N(c3ccc(-c4ccccc4)cc3)c3ccc(-c4ccc5ccccc5c4)cc3)c3c2oc2ccccc23)c2ccccc2-c2ccccc21. The topological polar surface area (TPSA) is 16.4 Å². The van der Waals surface area contributed by atoms with Gasteiger partial charge in [-0.25, -0.2) is 0 Å². The molecule has 0 unspecified atom stereocenters. The van der Waals surface area contributed by atoms with Crippen LogP contribution in [0.15, 0.2) is 211 Å². The second kappa shape index (κ2) is 12.7. The molecule has 10 aromatic rings. The van der Waals surface area contributed by atoms with Crippen molar-refractivity contribution in [2.45, 2.75) is 12.3 Å². The summed E-state index contributed by atoms with van der Waals surface area (Å²) < 4.78 is 7.02. The van der Waals surface area contributed by atoms with Gasteiger partial charge >= 0.3 is 0 Å². The average molecular weight is 716 g/mol. The van der Waals surface area contributed by atoms with E-state index in [-0.39, 0.29) is 0 Å². The van der Waals surface area contributed by atoms with Gasteiger partial charge in [0.15, 0.2) is 0 Å². The summed E-state index contributed by atoms with van der Waals surface area (Å²) >= 11 is 0. The third-order valence-corrected chi connectivity index (χ3v) is 11.9. The third-order valence-electron chi connectivity index (χ3n) is 11.9. The molecule has 1 aliphatic carbocycles. The minimum atomic E-state index is -0.415. The second-order valence-electron chi connectivity index (χ2n) is 15.0. The van der Waals surface area contributed by atoms with Crippen LogP contribution >= 0.6 is 0 Å². The van der Waals surface area contributed by atoms with Crippen LogP contribution in [0.2, 0.25) is 0 Å². The highest BCUT2D eigenvalue weighted by atomic mass is 16.3. The summed E-state index contributed by atoms with van der Waals surface area (Å²) in [5.74, 6) is 0. The molecular formula is C54H37NO. The summed E-state index contributed by atoms with van der Waals surface area (Å²) in [7, 11) is 0. The molecule has 0 fully saturated rings. The Kier molecular flexibility index (Phi) is 7.33. The molecule has 0 spiro atoms. The van der Waals surface area contributed by atoms with Gasteiger partial charge in [0, 0.05) is 27.7 Å². The van der Waals surface area contributed by atoms with Crippen molar-refractivity contribution in [1.82, 2.24) is 0 Å². The summed E-state index contributed by atoms with van der Waals surface area (Å²) in [4.78, 5) is 2.39. The molecule has 0 saturated heterocycles. The monoisotopic (exact) mass is 715 g/mol. The van der Waals surface area contributed by atoms with Gasteiger partial charge < -0.3 is 9.32 Å². The van der Waals surface area contributed by atoms with Crippen molar-refractivity contribution < 1.29 is 4.42 Å². The molecule has 2 nitrogen and oxygen atoms in total. The smallest absolute Gasteiger partial charge is 0.141 e. The normalized spacial score (nSPS) is 12.9. The number of hydrogen-bond donors (Lipinski definition) is 0. The maximum absolute atomic E-state index is 7.02. The first-order valence-electron chi connectivity index (χ1n) is 19.3. The molecule has 264 valence electrons. The number of fused-ring (bicyclic) bond motifs is 7. The molecule has 1 aromatic heterocycles. The van der Waals surface area contributed by atoms with Crippen LogP contribution in [0.1, 0.15) is 23.6 Å². The minimum Gasteiger partial charge on any atom is -0.456 e. The molecule has 11 rings (SSSR count). The summed E-state index contributed by atoms with van der Waals surface area (Å²) in [5, 5.41) is 4.69. The van der Waals surface area contributed by atoms with Crippen LogP contribution in [-0.2, 0) is 5.41 Å². The minimum absolute atomic E-state index is 0.415. The highest BCUT2D eigenvalue weighted by molar-refractivity contribution is 6.15. The summed E-state index contributed by atoms with van der Waals surface area (Å²) in [6.45, 7) is 2.37. The number of benzene rings is 9. The zero-order chi connectivity index (χ0) is 37.2. The Morgan fingerprint density at radius 1 is 0.411 bits per heavy atom. The van der Waals surface area contributed by atoms with Crippen LogP contribution in [0, 0.1) is 0 Å². The molecule has 1 aliphatic rings. The largest absolute Gasteiger partial charge is 0.456 e. The number of nitrogens with zero attached hydrogens (tertiary/aromatic N) is 1. The molecule has 9 aromatic carbocycles. The number of anilines is 3. The fourth-order valence-electron chi connectivity index (χ4n) is 9.17. The maximum Gasteiger partial charge on any atom is 0.141 e. The summed E-state index contributed by atoms with van der Waals surface area (Å²) in [5.41, 5.74) is 15.7. The molecule has 2 heteroatoms. The Balaban J connectivity index is 1.13. The summed E-state index contributed by atoms with van der Waals surface area (Å²) in [6, 6.07) is 74.6. The van der Waals surface area contributed by atoms with Crippen LogP contribution in [0.4, 0.5) is 17.1 Å². The zero-order valence-electron chi connectivity index (χ0n) is 31.0. The summed E-state index contributed by atoms with van der Waals surface area (Å²) in [6.07, 6.45) is 0. The van der Waals surface area contributed by atoms with Crippen molar-refractivity contribution in [3.05, 3.63) is 223 Å². The van der Waals surface area contributed by atoms with E-state index in [2.05, 4.69) is 218 Å². The molecule has 0 aliphatic heterocycles. The first-order chi connectivity index (χ1) is 27.6. The van der Waals surface area contributed by atoms with E-state index in [4.69, 9.17) is 4.42 Å². The van der Waals surface area contributed by atoms with Crippen molar-refractivity contribution >= 4 is 49.8 Å². The first-order valence-corrected chi connectivity index (χ1v) is 19.3. The average Bonchev–Trinajstić information content (AvgIpc) is 3.78. The lowest BCUT2D eigenvalue weighted by atomic mass is 9.73. The lowest BCUT2D eigenvalue weighted by Gasteiger charge is -2.31. The van der Waals surface area contributed by atoms with Crippen LogP contribution in [0.25, 0.3) is 66.1 Å². The maximum atomic E-state index is 7.02. The second-order valence-corrected chi connectivity index (χ2v) is 15.0. The van der Waals surface area contributed by atoms with Crippen LogP contribution < -0.4 is 4.90 Å². The highest BCUT2D eigenvalue weighted by Crippen LogP contribution is 2.55. The van der Waals surface area contributed by atoms with Gasteiger partial charge in [-0.1, -0.05) is 164 Å². The van der Waals surface area contributed by atoms with E-state index >= 15 is 0 Å². The zero-order valence-corrected chi connectivity index (χ0v) is 31.0.